The van der Waals surface area contributed by atoms with Crippen molar-refractivity contribution in [3.05, 3.63) is 135 Å². The number of H-pyrrole nitrogens is 1. The summed E-state index contributed by atoms with van der Waals surface area (Å²) in [7, 11) is 0. The van der Waals surface area contributed by atoms with Gasteiger partial charge in [0.1, 0.15) is 18.1 Å². The second-order valence-electron chi connectivity index (χ2n) is 21.8. The van der Waals surface area contributed by atoms with Gasteiger partial charge in [-0.1, -0.05) is 19.1 Å². The molecule has 0 saturated carbocycles. The van der Waals surface area contributed by atoms with Crippen LogP contribution >= 0.6 is 0 Å². The van der Waals surface area contributed by atoms with Crippen molar-refractivity contribution in [2.24, 2.45) is 5.92 Å². The fraction of sp³-hybridized carbons (Fsp3) is 0.492. The largest absolute Gasteiger partial charge is 0.492 e. The van der Waals surface area contributed by atoms with Crippen LogP contribution in [0.1, 0.15) is 97.9 Å². The van der Waals surface area contributed by atoms with Crippen LogP contribution in [0, 0.1) is 19.8 Å². The molecule has 3 amide bonds. The van der Waals surface area contributed by atoms with Crippen LogP contribution in [-0.2, 0) is 35.5 Å². The number of fused-ring (bicyclic) bond motifs is 2. The van der Waals surface area contributed by atoms with Crippen LogP contribution in [-0.4, -0.2) is 166 Å². The Morgan fingerprint density at radius 2 is 1.52 bits per heavy atom. The summed E-state index contributed by atoms with van der Waals surface area (Å²) in [4.78, 5) is 76.6. The molecule has 8 heterocycles. The molecule has 422 valence electrons. The maximum absolute atomic E-state index is 12.9. The number of ether oxygens (including phenoxy) is 2. The van der Waals surface area contributed by atoms with E-state index in [4.69, 9.17) is 9.47 Å². The molecule has 0 aliphatic carbocycles. The molecule has 0 spiro atoms. The fourth-order valence-corrected chi connectivity index (χ4v) is 10.7. The van der Waals surface area contributed by atoms with Crippen molar-refractivity contribution in [1.82, 2.24) is 49.0 Å². The van der Waals surface area contributed by atoms with Crippen molar-refractivity contribution in [1.29, 1.82) is 0 Å². The average Bonchev–Trinajstić information content (AvgIpc) is 3.88. The maximum Gasteiger partial charge on any atom is 0.291 e. The molecule has 10 rings (SSSR count). The Hall–Kier alpha value is -7.15. The van der Waals surface area contributed by atoms with Crippen LogP contribution in [0.15, 0.2) is 90.0 Å². The molecule has 79 heavy (non-hydrogen) atoms. The van der Waals surface area contributed by atoms with E-state index in [1.54, 1.807) is 4.90 Å². The zero-order chi connectivity index (χ0) is 55.8. The molecule has 4 aliphatic rings. The number of carbonyl (C=O) groups excluding carboxylic acids is 3. The van der Waals surface area contributed by atoms with Gasteiger partial charge < -0.3 is 39.0 Å². The van der Waals surface area contributed by atoms with Gasteiger partial charge >= 0.3 is 0 Å². The van der Waals surface area contributed by atoms with Crippen LogP contribution in [0.5, 0.6) is 11.5 Å². The van der Waals surface area contributed by atoms with Gasteiger partial charge in [-0.15, -0.1) is 0 Å². The number of piperidine rings is 1. The molecule has 3 saturated heterocycles. The third-order valence-corrected chi connectivity index (χ3v) is 15.1. The first-order chi connectivity index (χ1) is 38.2. The van der Waals surface area contributed by atoms with Crippen molar-refractivity contribution in [3.63, 3.8) is 0 Å². The van der Waals surface area contributed by atoms with Gasteiger partial charge in [-0.05, 0) is 152 Å². The van der Waals surface area contributed by atoms with Gasteiger partial charge in [-0.3, -0.25) is 43.8 Å². The summed E-state index contributed by atoms with van der Waals surface area (Å²) < 4.78 is 13.5. The second kappa shape index (κ2) is 28.1. The standard InChI is InChI=1S/C21H25N5O.C20H26N4O3.C20H31N3O2/c1-3-17-11-19-20(24-21(17)27)10-16(12-23-19)14-25-6-8-26(9-7-25)18-5-4-15(2)22-13-18;1-13(2)24-18-9-10-23(12-25)11-17(18)22-19(24)20(26)21-15-5-7-16(8-6-15)27-14(3)4;1-18-3-2-4-20(15-18)25-14-13-21-7-5-19(6-8-21)16-22-9-11-23(17-24)12-10-22/h4-5,10-13H,3,6-9,14H2,1-2H3,(H,24,27);5-8,12-14H,9-11H2,1-4H3,(H,21,26);2-4,15,17,19H,5-14,16H2,1H3. The molecule has 0 bridgehead atoms. The van der Waals surface area contributed by atoms with Crippen molar-refractivity contribution in [2.45, 2.75) is 99.4 Å². The average molecular weight is 1080 g/mol. The highest BCUT2D eigenvalue weighted by Crippen LogP contribution is 2.26. The minimum absolute atomic E-state index is 0.00993. The summed E-state index contributed by atoms with van der Waals surface area (Å²) in [6.45, 7) is 29.2. The highest BCUT2D eigenvalue weighted by atomic mass is 16.5. The van der Waals surface area contributed by atoms with Crippen molar-refractivity contribution < 1.29 is 23.9 Å². The molecular weight excluding hydrogens is 997 g/mol. The predicted octanol–water partition coefficient (Wildman–Crippen LogP) is 7.39. The summed E-state index contributed by atoms with van der Waals surface area (Å²) in [6, 6.07) is 23.8. The smallest absolute Gasteiger partial charge is 0.291 e. The monoisotopic (exact) mass is 1080 g/mol. The number of likely N-dealkylation sites (tertiary alicyclic amines) is 1. The molecule has 4 aromatic heterocycles. The fourth-order valence-electron chi connectivity index (χ4n) is 10.7. The molecule has 2 N–H and O–H groups in total. The zero-order valence-corrected chi connectivity index (χ0v) is 47.5. The van der Waals surface area contributed by atoms with Crippen molar-refractivity contribution in [2.75, 3.05) is 102 Å². The first-order valence-corrected chi connectivity index (χ1v) is 28.4. The van der Waals surface area contributed by atoms with E-state index >= 15 is 0 Å². The van der Waals surface area contributed by atoms with Gasteiger partial charge in [0, 0.05) is 120 Å². The summed E-state index contributed by atoms with van der Waals surface area (Å²) in [6.07, 6.45) is 9.77. The molecule has 0 radical (unpaired) electrons. The van der Waals surface area contributed by atoms with E-state index in [0.717, 1.165) is 148 Å². The number of imidazole rings is 1. The lowest BCUT2D eigenvalue weighted by atomic mass is 9.96. The number of aromatic nitrogens is 5. The Kier molecular flexibility index (Phi) is 20.7. The van der Waals surface area contributed by atoms with Crippen molar-refractivity contribution in [3.8, 4) is 11.5 Å². The van der Waals surface area contributed by atoms with Gasteiger partial charge in [0.25, 0.3) is 11.5 Å². The number of hydrogen-bond donors (Lipinski definition) is 2. The lowest BCUT2D eigenvalue weighted by Crippen LogP contribution is -2.48. The van der Waals surface area contributed by atoms with Crippen molar-refractivity contribution >= 4 is 41.1 Å². The van der Waals surface area contributed by atoms with Gasteiger partial charge in [0.2, 0.25) is 12.8 Å². The molecule has 3 fully saturated rings. The summed E-state index contributed by atoms with van der Waals surface area (Å²) in [5.74, 6) is 2.66. The third-order valence-electron chi connectivity index (χ3n) is 15.1. The van der Waals surface area contributed by atoms with E-state index in [0.29, 0.717) is 31.0 Å². The number of anilines is 2. The predicted molar refractivity (Wildman–Crippen MR) is 311 cm³/mol. The van der Waals surface area contributed by atoms with Crippen LogP contribution in [0.3, 0.4) is 0 Å². The lowest BCUT2D eigenvalue weighted by Gasteiger charge is -2.37. The Morgan fingerprint density at radius 3 is 2.18 bits per heavy atom. The van der Waals surface area contributed by atoms with Crippen LogP contribution in [0.25, 0.3) is 11.0 Å². The van der Waals surface area contributed by atoms with Gasteiger partial charge in [0.05, 0.1) is 41.3 Å². The Balaban J connectivity index is 0.000000156. The van der Waals surface area contributed by atoms with Crippen LogP contribution in [0.4, 0.5) is 11.4 Å². The normalized spacial score (nSPS) is 16.4. The first kappa shape index (κ1) is 58.0. The topological polar surface area (TPSA) is 178 Å². The van der Waals surface area contributed by atoms with E-state index in [1.165, 1.54) is 43.7 Å². The first-order valence-electron chi connectivity index (χ1n) is 28.4. The minimum atomic E-state index is -0.256. The molecule has 2 aromatic carbocycles. The second-order valence-corrected chi connectivity index (χ2v) is 21.8. The Bertz CT molecular complexity index is 2970. The van der Waals surface area contributed by atoms with E-state index in [2.05, 4.69) is 82.1 Å². The number of carbonyl (C=O) groups is 3. The molecule has 18 nitrogen and oxygen atoms in total. The highest BCUT2D eigenvalue weighted by Gasteiger charge is 2.28. The number of aromatic amines is 1. The molecular formula is C61H82N12O6. The molecule has 0 atom stereocenters. The summed E-state index contributed by atoms with van der Waals surface area (Å²) >= 11 is 0. The molecule has 6 aromatic rings. The van der Waals surface area contributed by atoms with Gasteiger partial charge in [0.15, 0.2) is 5.82 Å². The number of piperazine rings is 2. The molecule has 0 unspecified atom stereocenters. The number of hydrogen-bond acceptors (Lipinski definition) is 13. The highest BCUT2D eigenvalue weighted by molar-refractivity contribution is 6.02. The Labute approximate surface area is 466 Å². The third kappa shape index (κ3) is 16.5. The number of aryl methyl sites for hydroxylation is 3. The van der Waals surface area contributed by atoms with Crippen LogP contribution < -0.4 is 25.2 Å². The summed E-state index contributed by atoms with van der Waals surface area (Å²) in [5, 5.41) is 2.91. The lowest BCUT2D eigenvalue weighted by molar-refractivity contribution is -0.120. The molecule has 4 aliphatic heterocycles. The number of rotatable bonds is 17. The minimum Gasteiger partial charge on any atom is -0.492 e. The number of nitrogens with one attached hydrogen (secondary N) is 2. The van der Waals surface area contributed by atoms with E-state index in [-0.39, 0.29) is 23.6 Å². The van der Waals surface area contributed by atoms with E-state index in [1.807, 2.05) is 106 Å². The van der Waals surface area contributed by atoms with E-state index in [9.17, 15) is 19.2 Å². The molecule has 18 heteroatoms. The van der Waals surface area contributed by atoms with Gasteiger partial charge in [-0.25, -0.2) is 4.98 Å². The maximum atomic E-state index is 12.9. The number of benzene rings is 2. The Morgan fingerprint density at radius 1 is 0.785 bits per heavy atom. The zero-order valence-electron chi connectivity index (χ0n) is 47.5. The number of amides is 3. The number of pyridine rings is 3. The number of nitrogens with zero attached hydrogens (tertiary/aromatic N) is 10. The van der Waals surface area contributed by atoms with E-state index < -0.39 is 0 Å². The summed E-state index contributed by atoms with van der Waals surface area (Å²) in [5.41, 5.74) is 9.57. The van der Waals surface area contributed by atoms with Crippen LogP contribution in [0.2, 0.25) is 0 Å². The van der Waals surface area contributed by atoms with Gasteiger partial charge in [-0.2, -0.15) is 0 Å². The SMILES string of the molecule is CC(C)Oc1ccc(NC(=O)c2nc3c(n2C(C)C)CCN(C=O)C3)cc1.CCc1cc2ncc(CN3CCN(c4ccc(C)nc4)CC3)cc2[nH]c1=O.Cc1cccc(OCCN2CCC(CN3CCN(C=O)CC3)CC2)c1. The quantitative estimate of drug-likeness (QED) is 0.0866.